The Morgan fingerprint density at radius 2 is 1.89 bits per heavy atom. The van der Waals surface area contributed by atoms with E-state index in [4.69, 9.17) is 9.47 Å². The molecule has 3 rings (SSSR count). The van der Waals surface area contributed by atoms with Gasteiger partial charge in [0.25, 0.3) is 5.91 Å². The molecular weight excluding hydrogens is 362 g/mol. The number of piperidine rings is 1. The highest BCUT2D eigenvalue weighted by Gasteiger charge is 2.29. The van der Waals surface area contributed by atoms with Crippen LogP contribution in [0.1, 0.15) is 40.6 Å². The van der Waals surface area contributed by atoms with Crippen LogP contribution in [0.4, 0.5) is 0 Å². The largest absolute Gasteiger partial charge is 0.489 e. The highest BCUT2D eigenvalue weighted by molar-refractivity contribution is 7.12. The molecule has 0 spiro atoms. The zero-order chi connectivity index (χ0) is 19.2. The lowest BCUT2D eigenvalue weighted by atomic mass is 9.97. The number of esters is 1. The van der Waals surface area contributed by atoms with E-state index in [-0.39, 0.29) is 17.8 Å². The third-order valence-corrected chi connectivity index (χ3v) is 5.66. The van der Waals surface area contributed by atoms with Crippen LogP contribution in [0.15, 0.2) is 35.7 Å². The molecule has 0 unspecified atom stereocenters. The van der Waals surface area contributed by atoms with E-state index in [0.717, 1.165) is 11.3 Å². The van der Waals surface area contributed by atoms with Crippen LogP contribution in [0.5, 0.6) is 5.75 Å². The molecule has 0 N–H and O–H groups in total. The third kappa shape index (κ3) is 5.10. The van der Waals surface area contributed by atoms with Crippen molar-refractivity contribution in [3.63, 3.8) is 0 Å². The summed E-state index contributed by atoms with van der Waals surface area (Å²) in [6, 6.07) is 9.82. The van der Waals surface area contributed by atoms with Gasteiger partial charge < -0.3 is 14.4 Å². The molecule has 6 heteroatoms. The number of likely N-dealkylation sites (tertiary alicyclic amines) is 1. The molecule has 1 amide bonds. The molecular formula is C21H25NO4S. The molecule has 0 radical (unpaired) electrons. The zero-order valence-electron chi connectivity index (χ0n) is 15.8. The molecule has 1 aromatic heterocycles. The average molecular weight is 388 g/mol. The van der Waals surface area contributed by atoms with E-state index in [1.54, 1.807) is 0 Å². The molecule has 2 heterocycles. The monoisotopic (exact) mass is 387 g/mol. The van der Waals surface area contributed by atoms with E-state index in [9.17, 15) is 9.59 Å². The molecule has 1 aliphatic heterocycles. The Hall–Kier alpha value is -2.34. The lowest BCUT2D eigenvalue weighted by Gasteiger charge is -2.30. The topological polar surface area (TPSA) is 55.8 Å². The van der Waals surface area contributed by atoms with E-state index in [1.807, 2.05) is 54.5 Å². The van der Waals surface area contributed by atoms with Crippen molar-refractivity contribution < 1.29 is 19.1 Å². The number of hydrogen-bond donors (Lipinski definition) is 0. The molecule has 0 saturated carbocycles. The summed E-state index contributed by atoms with van der Waals surface area (Å²) in [6.45, 7) is 5.88. The van der Waals surface area contributed by atoms with Crippen molar-refractivity contribution in [3.05, 3.63) is 51.7 Å². The third-order valence-electron chi connectivity index (χ3n) is 4.69. The first-order chi connectivity index (χ1) is 13.1. The smallest absolute Gasteiger partial charge is 0.309 e. The number of thiophene rings is 1. The number of ether oxygens (including phenoxy) is 2. The van der Waals surface area contributed by atoms with Gasteiger partial charge in [-0.1, -0.05) is 17.7 Å². The van der Waals surface area contributed by atoms with Crippen LogP contribution in [0, 0.1) is 12.8 Å². The molecule has 27 heavy (non-hydrogen) atoms. The van der Waals surface area contributed by atoms with E-state index >= 15 is 0 Å². The van der Waals surface area contributed by atoms with Gasteiger partial charge in [-0.2, -0.15) is 0 Å². The molecule has 0 bridgehead atoms. The molecule has 5 nitrogen and oxygen atoms in total. The number of aryl methyl sites for hydroxylation is 1. The Labute approximate surface area is 163 Å². The Kier molecular flexibility index (Phi) is 6.50. The van der Waals surface area contributed by atoms with Gasteiger partial charge >= 0.3 is 5.97 Å². The highest BCUT2D eigenvalue weighted by atomic mass is 32.1. The van der Waals surface area contributed by atoms with Crippen molar-refractivity contribution >= 4 is 23.2 Å². The van der Waals surface area contributed by atoms with Crippen LogP contribution in [0.2, 0.25) is 0 Å². The fraction of sp³-hybridized carbons (Fsp3) is 0.429. The molecule has 1 aromatic carbocycles. The number of rotatable bonds is 6. The number of carbonyl (C=O) groups is 2. The van der Waals surface area contributed by atoms with Gasteiger partial charge in [0.05, 0.1) is 17.4 Å². The summed E-state index contributed by atoms with van der Waals surface area (Å²) in [5.74, 6) is 0.622. The van der Waals surface area contributed by atoms with Crippen LogP contribution < -0.4 is 4.74 Å². The molecule has 0 atom stereocenters. The van der Waals surface area contributed by atoms with Crippen molar-refractivity contribution in [3.8, 4) is 5.75 Å². The summed E-state index contributed by atoms with van der Waals surface area (Å²) in [6.07, 6.45) is 1.33. The Bertz CT molecular complexity index is 776. The van der Waals surface area contributed by atoms with Crippen LogP contribution in [-0.2, 0) is 16.1 Å². The van der Waals surface area contributed by atoms with Crippen LogP contribution in [-0.4, -0.2) is 36.5 Å². The predicted molar refractivity (Wildman–Crippen MR) is 105 cm³/mol. The zero-order valence-corrected chi connectivity index (χ0v) is 16.6. The van der Waals surface area contributed by atoms with Crippen molar-refractivity contribution in [2.45, 2.75) is 33.3 Å². The standard InChI is InChI=1S/C21H25NO4S/c1-3-25-21(24)17-8-10-22(11-9-17)20(23)19-12-16(14-27-19)13-26-18-6-4-15(2)5-7-18/h4-7,12,14,17H,3,8-11,13H2,1-2H3. The maximum absolute atomic E-state index is 12.7. The summed E-state index contributed by atoms with van der Waals surface area (Å²) < 4.78 is 10.9. The maximum Gasteiger partial charge on any atom is 0.309 e. The van der Waals surface area contributed by atoms with Gasteiger partial charge in [0.2, 0.25) is 0 Å². The van der Waals surface area contributed by atoms with Crippen molar-refractivity contribution in [1.29, 1.82) is 0 Å². The Morgan fingerprint density at radius 1 is 1.19 bits per heavy atom. The summed E-state index contributed by atoms with van der Waals surface area (Å²) >= 11 is 1.44. The second-order valence-electron chi connectivity index (χ2n) is 6.74. The van der Waals surface area contributed by atoms with Crippen molar-refractivity contribution in [2.24, 2.45) is 5.92 Å². The molecule has 1 fully saturated rings. The molecule has 0 aliphatic carbocycles. The van der Waals surface area contributed by atoms with Crippen LogP contribution >= 0.6 is 11.3 Å². The molecule has 1 aliphatic rings. The average Bonchev–Trinajstić information content (AvgIpc) is 3.16. The molecule has 144 valence electrons. The number of carbonyl (C=O) groups excluding carboxylic acids is 2. The van der Waals surface area contributed by atoms with Gasteiger partial charge in [-0.3, -0.25) is 9.59 Å². The quantitative estimate of drug-likeness (QED) is 0.702. The number of hydrogen-bond acceptors (Lipinski definition) is 5. The highest BCUT2D eigenvalue weighted by Crippen LogP contribution is 2.24. The lowest BCUT2D eigenvalue weighted by molar-refractivity contribution is -0.149. The van der Waals surface area contributed by atoms with Gasteiger partial charge in [-0.05, 0) is 50.3 Å². The van der Waals surface area contributed by atoms with Gasteiger partial charge in [0.15, 0.2) is 0 Å². The minimum Gasteiger partial charge on any atom is -0.489 e. The van der Waals surface area contributed by atoms with E-state index in [1.165, 1.54) is 16.9 Å². The number of amides is 1. The number of benzene rings is 1. The first-order valence-electron chi connectivity index (χ1n) is 9.29. The van der Waals surface area contributed by atoms with E-state index in [2.05, 4.69) is 0 Å². The van der Waals surface area contributed by atoms with Crippen LogP contribution in [0.3, 0.4) is 0 Å². The van der Waals surface area contributed by atoms with Gasteiger partial charge in [-0.25, -0.2) is 0 Å². The SMILES string of the molecule is CCOC(=O)C1CCN(C(=O)c2cc(COc3ccc(C)cc3)cs2)CC1. The first kappa shape index (κ1) is 19.4. The molecule has 1 saturated heterocycles. The Morgan fingerprint density at radius 3 is 2.56 bits per heavy atom. The minimum atomic E-state index is -0.142. The predicted octanol–water partition coefficient (Wildman–Crippen LogP) is 4.05. The van der Waals surface area contributed by atoms with Gasteiger partial charge in [0, 0.05) is 18.7 Å². The summed E-state index contributed by atoms with van der Waals surface area (Å²) in [5.41, 5.74) is 2.18. The van der Waals surface area contributed by atoms with Gasteiger partial charge in [-0.15, -0.1) is 11.3 Å². The van der Waals surface area contributed by atoms with E-state index in [0.29, 0.717) is 44.0 Å². The number of nitrogens with zero attached hydrogens (tertiary/aromatic N) is 1. The molecule has 2 aromatic rings. The maximum atomic E-state index is 12.7. The van der Waals surface area contributed by atoms with Crippen molar-refractivity contribution in [2.75, 3.05) is 19.7 Å². The van der Waals surface area contributed by atoms with Crippen LogP contribution in [0.25, 0.3) is 0 Å². The second kappa shape index (κ2) is 9.04. The summed E-state index contributed by atoms with van der Waals surface area (Å²) in [7, 11) is 0. The second-order valence-corrected chi connectivity index (χ2v) is 7.65. The lowest BCUT2D eigenvalue weighted by Crippen LogP contribution is -2.40. The fourth-order valence-electron chi connectivity index (χ4n) is 3.10. The normalized spacial score (nSPS) is 14.8. The van der Waals surface area contributed by atoms with Gasteiger partial charge in [0.1, 0.15) is 12.4 Å². The summed E-state index contributed by atoms with van der Waals surface area (Å²) in [4.78, 5) is 27.1. The van der Waals surface area contributed by atoms with Crippen molar-refractivity contribution in [1.82, 2.24) is 4.90 Å². The Balaban J connectivity index is 1.51. The first-order valence-corrected chi connectivity index (χ1v) is 10.2. The summed E-state index contributed by atoms with van der Waals surface area (Å²) in [5, 5.41) is 1.97. The minimum absolute atomic E-state index is 0.0314. The van der Waals surface area contributed by atoms with E-state index < -0.39 is 0 Å². The fourth-order valence-corrected chi connectivity index (χ4v) is 3.96.